The van der Waals surface area contributed by atoms with Crippen LogP contribution in [0.15, 0.2) is 48.5 Å². The first-order valence-electron chi connectivity index (χ1n) is 9.49. The SMILES string of the molecule is O=C(Nc1nc2ccccc2s1)C1CCCN1C(=O)Cc1cccc(OC(F)F)c1. The van der Waals surface area contributed by atoms with Crippen LogP contribution in [0.25, 0.3) is 10.2 Å². The molecule has 30 heavy (non-hydrogen) atoms. The zero-order chi connectivity index (χ0) is 21.1. The molecule has 0 aliphatic carbocycles. The first kappa shape index (κ1) is 20.2. The average Bonchev–Trinajstić information content (AvgIpc) is 3.34. The van der Waals surface area contributed by atoms with Gasteiger partial charge in [-0.05, 0) is 42.7 Å². The number of benzene rings is 2. The molecule has 9 heteroatoms. The number of para-hydroxylation sites is 1. The molecule has 2 aromatic carbocycles. The molecule has 1 aliphatic rings. The number of likely N-dealkylation sites (tertiary alicyclic amines) is 1. The summed E-state index contributed by atoms with van der Waals surface area (Å²) in [5.41, 5.74) is 1.36. The van der Waals surface area contributed by atoms with Crippen molar-refractivity contribution >= 4 is 38.5 Å². The number of hydrogen-bond acceptors (Lipinski definition) is 5. The van der Waals surface area contributed by atoms with E-state index in [0.717, 1.165) is 16.6 Å². The number of thiazole rings is 1. The minimum atomic E-state index is -2.93. The summed E-state index contributed by atoms with van der Waals surface area (Å²) < 4.78 is 30.2. The number of nitrogens with zero attached hydrogens (tertiary/aromatic N) is 2. The van der Waals surface area contributed by atoms with Crippen LogP contribution in [-0.4, -0.2) is 40.9 Å². The van der Waals surface area contributed by atoms with Gasteiger partial charge in [-0.2, -0.15) is 8.78 Å². The maximum absolute atomic E-state index is 12.8. The second kappa shape index (κ2) is 8.74. The van der Waals surface area contributed by atoms with Gasteiger partial charge in [0, 0.05) is 6.54 Å². The van der Waals surface area contributed by atoms with Crippen LogP contribution >= 0.6 is 11.3 Å². The first-order chi connectivity index (χ1) is 14.5. The van der Waals surface area contributed by atoms with Crippen molar-refractivity contribution in [2.75, 3.05) is 11.9 Å². The highest BCUT2D eigenvalue weighted by Gasteiger charge is 2.34. The minimum absolute atomic E-state index is 0.00171. The summed E-state index contributed by atoms with van der Waals surface area (Å²) >= 11 is 1.38. The first-order valence-corrected chi connectivity index (χ1v) is 10.3. The van der Waals surface area contributed by atoms with Crippen LogP contribution in [0, 0.1) is 0 Å². The largest absolute Gasteiger partial charge is 0.435 e. The van der Waals surface area contributed by atoms with E-state index < -0.39 is 12.7 Å². The Labute approximate surface area is 175 Å². The molecular weight excluding hydrogens is 412 g/mol. The third-order valence-electron chi connectivity index (χ3n) is 4.88. The van der Waals surface area contributed by atoms with Gasteiger partial charge in [0.2, 0.25) is 11.8 Å². The Morgan fingerprint density at radius 3 is 2.87 bits per heavy atom. The highest BCUT2D eigenvalue weighted by molar-refractivity contribution is 7.22. The monoisotopic (exact) mass is 431 g/mol. The fraction of sp³-hybridized carbons (Fsp3) is 0.286. The van der Waals surface area contributed by atoms with Gasteiger partial charge in [0.15, 0.2) is 5.13 Å². The van der Waals surface area contributed by atoms with E-state index in [1.54, 1.807) is 17.0 Å². The number of anilines is 1. The third kappa shape index (κ3) is 4.56. The van der Waals surface area contributed by atoms with E-state index in [4.69, 9.17) is 0 Å². The van der Waals surface area contributed by atoms with Crippen molar-refractivity contribution in [3.8, 4) is 5.75 Å². The lowest BCUT2D eigenvalue weighted by molar-refractivity contribution is -0.136. The van der Waals surface area contributed by atoms with Gasteiger partial charge in [0.1, 0.15) is 11.8 Å². The van der Waals surface area contributed by atoms with Gasteiger partial charge < -0.3 is 15.0 Å². The molecule has 0 saturated carbocycles. The number of hydrogen-bond donors (Lipinski definition) is 1. The molecule has 0 bridgehead atoms. The number of rotatable bonds is 6. The summed E-state index contributed by atoms with van der Waals surface area (Å²) in [5.74, 6) is -0.498. The molecular formula is C21H19F2N3O3S. The highest BCUT2D eigenvalue weighted by Crippen LogP contribution is 2.27. The fourth-order valence-electron chi connectivity index (χ4n) is 3.56. The Balaban J connectivity index is 1.42. The predicted molar refractivity (Wildman–Crippen MR) is 110 cm³/mol. The Bertz CT molecular complexity index is 1040. The standard InChI is InChI=1S/C21H19F2N3O3S/c22-20(23)29-14-6-3-5-13(11-14)12-18(27)26-10-4-8-16(26)19(28)25-21-24-15-7-1-2-9-17(15)30-21/h1-3,5-7,9,11,16,20H,4,8,10,12H2,(H,24,25,28). The molecule has 6 nitrogen and oxygen atoms in total. The van der Waals surface area contributed by atoms with Crippen molar-refractivity contribution in [1.82, 2.24) is 9.88 Å². The van der Waals surface area contributed by atoms with E-state index in [1.165, 1.54) is 23.5 Å². The number of aromatic nitrogens is 1. The highest BCUT2D eigenvalue weighted by atomic mass is 32.1. The third-order valence-corrected chi connectivity index (χ3v) is 5.83. The smallest absolute Gasteiger partial charge is 0.387 e. The topological polar surface area (TPSA) is 71.5 Å². The predicted octanol–water partition coefficient (Wildman–Crippen LogP) is 4.07. The van der Waals surface area contributed by atoms with E-state index in [9.17, 15) is 18.4 Å². The van der Waals surface area contributed by atoms with Crippen molar-refractivity contribution in [2.24, 2.45) is 0 Å². The van der Waals surface area contributed by atoms with E-state index >= 15 is 0 Å². The van der Waals surface area contributed by atoms with Crippen LogP contribution in [0.1, 0.15) is 18.4 Å². The van der Waals surface area contributed by atoms with Crippen molar-refractivity contribution in [2.45, 2.75) is 31.9 Å². The van der Waals surface area contributed by atoms with Crippen molar-refractivity contribution < 1.29 is 23.1 Å². The van der Waals surface area contributed by atoms with Crippen LogP contribution in [0.3, 0.4) is 0 Å². The Morgan fingerprint density at radius 1 is 1.23 bits per heavy atom. The lowest BCUT2D eigenvalue weighted by atomic mass is 10.1. The summed E-state index contributed by atoms with van der Waals surface area (Å²) in [6.45, 7) is -2.45. The van der Waals surface area contributed by atoms with E-state index in [1.807, 2.05) is 24.3 Å². The lowest BCUT2D eigenvalue weighted by Crippen LogP contribution is -2.43. The second-order valence-corrected chi connectivity index (χ2v) is 7.95. The van der Waals surface area contributed by atoms with Gasteiger partial charge in [-0.1, -0.05) is 35.6 Å². The summed E-state index contributed by atoms with van der Waals surface area (Å²) in [5, 5.41) is 3.32. The quantitative estimate of drug-likeness (QED) is 0.639. The van der Waals surface area contributed by atoms with E-state index in [-0.39, 0.29) is 24.0 Å². The lowest BCUT2D eigenvalue weighted by Gasteiger charge is -2.23. The summed E-state index contributed by atoms with van der Waals surface area (Å²) in [4.78, 5) is 31.5. The number of nitrogens with one attached hydrogen (secondary N) is 1. The van der Waals surface area contributed by atoms with Crippen molar-refractivity contribution in [1.29, 1.82) is 0 Å². The molecule has 0 radical (unpaired) electrons. The van der Waals surface area contributed by atoms with Crippen LogP contribution in [0.5, 0.6) is 5.75 Å². The maximum atomic E-state index is 12.8. The Kier molecular flexibility index (Phi) is 5.89. The Hall–Kier alpha value is -3.07. The number of carbonyl (C=O) groups excluding carboxylic acids is 2. The number of fused-ring (bicyclic) bond motifs is 1. The molecule has 0 spiro atoms. The molecule has 1 N–H and O–H groups in total. The molecule has 2 heterocycles. The zero-order valence-electron chi connectivity index (χ0n) is 15.9. The van der Waals surface area contributed by atoms with Crippen molar-refractivity contribution in [3.05, 3.63) is 54.1 Å². The minimum Gasteiger partial charge on any atom is -0.435 e. The number of alkyl halides is 2. The van der Waals surface area contributed by atoms with E-state index in [0.29, 0.717) is 23.7 Å². The van der Waals surface area contributed by atoms with Crippen LogP contribution in [-0.2, 0) is 16.0 Å². The summed E-state index contributed by atoms with van der Waals surface area (Å²) in [6, 6.07) is 13.1. The Morgan fingerprint density at radius 2 is 2.07 bits per heavy atom. The molecule has 3 aromatic rings. The van der Waals surface area contributed by atoms with Crippen LogP contribution in [0.2, 0.25) is 0 Å². The fourth-order valence-corrected chi connectivity index (χ4v) is 4.43. The summed E-state index contributed by atoms with van der Waals surface area (Å²) in [6.07, 6.45) is 1.29. The van der Waals surface area contributed by atoms with Gasteiger partial charge in [-0.3, -0.25) is 9.59 Å². The number of halogens is 2. The molecule has 2 amide bonds. The molecule has 1 atom stereocenters. The molecule has 156 valence electrons. The average molecular weight is 431 g/mol. The van der Waals surface area contributed by atoms with Gasteiger partial charge >= 0.3 is 6.61 Å². The second-order valence-electron chi connectivity index (χ2n) is 6.92. The van der Waals surface area contributed by atoms with Gasteiger partial charge in [0.05, 0.1) is 16.6 Å². The maximum Gasteiger partial charge on any atom is 0.387 e. The van der Waals surface area contributed by atoms with Crippen LogP contribution < -0.4 is 10.1 Å². The molecule has 4 rings (SSSR count). The molecule has 1 aromatic heterocycles. The normalized spacial score (nSPS) is 16.2. The van der Waals surface area contributed by atoms with Crippen LogP contribution in [0.4, 0.5) is 13.9 Å². The van der Waals surface area contributed by atoms with Gasteiger partial charge in [-0.15, -0.1) is 0 Å². The molecule has 1 saturated heterocycles. The molecule has 1 fully saturated rings. The van der Waals surface area contributed by atoms with E-state index in [2.05, 4.69) is 15.0 Å². The molecule has 1 unspecified atom stereocenters. The van der Waals surface area contributed by atoms with Gasteiger partial charge in [0.25, 0.3) is 0 Å². The number of ether oxygens (including phenoxy) is 1. The molecule has 1 aliphatic heterocycles. The van der Waals surface area contributed by atoms with Gasteiger partial charge in [-0.25, -0.2) is 4.98 Å². The summed E-state index contributed by atoms with van der Waals surface area (Å²) in [7, 11) is 0. The number of amides is 2. The van der Waals surface area contributed by atoms with Crippen molar-refractivity contribution in [3.63, 3.8) is 0 Å². The number of carbonyl (C=O) groups is 2. The zero-order valence-corrected chi connectivity index (χ0v) is 16.7.